The van der Waals surface area contributed by atoms with Crippen molar-refractivity contribution in [2.45, 2.75) is 19.9 Å². The van der Waals surface area contributed by atoms with Crippen molar-refractivity contribution in [2.75, 3.05) is 5.32 Å². The molecule has 1 amide bonds. The molecule has 1 aliphatic rings. The quantitative estimate of drug-likeness (QED) is 0.711. The van der Waals surface area contributed by atoms with Crippen molar-refractivity contribution in [3.05, 3.63) is 76.0 Å². The molecule has 1 heterocycles. The minimum Gasteiger partial charge on any atom is -0.351 e. The summed E-state index contributed by atoms with van der Waals surface area (Å²) in [5, 5.41) is 10.3. The van der Waals surface area contributed by atoms with Crippen LogP contribution in [0.15, 0.2) is 59.8 Å². The largest absolute Gasteiger partial charge is 0.351 e. The number of allylic oxidation sites excluding steroid dienone is 1. The highest BCUT2D eigenvalue weighted by Crippen LogP contribution is 2.28. The van der Waals surface area contributed by atoms with E-state index in [4.69, 9.17) is 23.8 Å². The van der Waals surface area contributed by atoms with Crippen LogP contribution in [0.5, 0.6) is 0 Å². The molecule has 1 aliphatic heterocycles. The van der Waals surface area contributed by atoms with Gasteiger partial charge in [-0.1, -0.05) is 41.4 Å². The van der Waals surface area contributed by atoms with Gasteiger partial charge in [-0.2, -0.15) is 0 Å². The van der Waals surface area contributed by atoms with E-state index in [2.05, 4.69) is 16.0 Å². The van der Waals surface area contributed by atoms with Crippen LogP contribution in [0.4, 0.5) is 5.69 Å². The van der Waals surface area contributed by atoms with E-state index in [1.165, 1.54) is 0 Å². The van der Waals surface area contributed by atoms with Gasteiger partial charge in [0, 0.05) is 16.4 Å². The zero-order chi connectivity index (χ0) is 18.0. The maximum atomic E-state index is 12.9. The molecule has 2 aromatic carbocycles. The van der Waals surface area contributed by atoms with Crippen LogP contribution in [0.3, 0.4) is 0 Å². The first kappa shape index (κ1) is 17.5. The fraction of sp³-hybridized carbons (Fsp3) is 0.158. The SMILES string of the molecule is CC1=C(C(=O)Nc2ccc(Cl)cc2)[C@@H](c2ccc(C)cc2)NC(=S)N1. The Hall–Kier alpha value is -2.37. The molecule has 0 bridgehead atoms. The third-order valence-corrected chi connectivity index (χ3v) is 4.50. The van der Waals surface area contributed by atoms with Crippen molar-refractivity contribution in [1.29, 1.82) is 0 Å². The number of anilines is 1. The van der Waals surface area contributed by atoms with E-state index in [-0.39, 0.29) is 11.9 Å². The van der Waals surface area contributed by atoms with Crippen molar-refractivity contribution >= 4 is 40.5 Å². The molecule has 2 aromatic rings. The van der Waals surface area contributed by atoms with Crippen LogP contribution in [-0.2, 0) is 4.79 Å². The first-order valence-electron chi connectivity index (χ1n) is 7.86. The van der Waals surface area contributed by atoms with E-state index in [9.17, 15) is 4.79 Å². The lowest BCUT2D eigenvalue weighted by atomic mass is 9.94. The number of nitrogens with one attached hydrogen (secondary N) is 3. The van der Waals surface area contributed by atoms with Crippen LogP contribution >= 0.6 is 23.8 Å². The average Bonchev–Trinajstić information content (AvgIpc) is 2.57. The van der Waals surface area contributed by atoms with Gasteiger partial charge in [-0.25, -0.2) is 0 Å². The van der Waals surface area contributed by atoms with Crippen LogP contribution in [0.2, 0.25) is 5.02 Å². The van der Waals surface area contributed by atoms with Crippen molar-refractivity contribution in [3.63, 3.8) is 0 Å². The van der Waals surface area contributed by atoms with E-state index < -0.39 is 0 Å². The molecular weight excluding hydrogens is 354 g/mol. The first-order valence-corrected chi connectivity index (χ1v) is 8.64. The maximum Gasteiger partial charge on any atom is 0.255 e. The number of hydrogen-bond donors (Lipinski definition) is 3. The van der Waals surface area contributed by atoms with Crippen LogP contribution in [0.25, 0.3) is 0 Å². The summed E-state index contributed by atoms with van der Waals surface area (Å²) in [7, 11) is 0. The third kappa shape index (κ3) is 4.00. The summed E-state index contributed by atoms with van der Waals surface area (Å²) in [5.74, 6) is -0.187. The summed E-state index contributed by atoms with van der Waals surface area (Å²) in [6, 6.07) is 14.8. The minimum atomic E-state index is -0.304. The van der Waals surface area contributed by atoms with Gasteiger partial charge in [-0.05, 0) is 55.9 Å². The van der Waals surface area contributed by atoms with E-state index in [0.29, 0.717) is 21.4 Å². The highest BCUT2D eigenvalue weighted by Gasteiger charge is 2.29. The minimum absolute atomic E-state index is 0.187. The summed E-state index contributed by atoms with van der Waals surface area (Å²) in [4.78, 5) is 12.9. The molecule has 0 saturated carbocycles. The Morgan fingerprint density at radius 2 is 1.72 bits per heavy atom. The second kappa shape index (κ2) is 7.25. The number of benzene rings is 2. The number of halogens is 1. The third-order valence-electron chi connectivity index (χ3n) is 4.03. The molecule has 0 spiro atoms. The molecule has 0 aromatic heterocycles. The lowest BCUT2D eigenvalue weighted by Crippen LogP contribution is -2.45. The standard InChI is InChI=1S/C19H18ClN3OS/c1-11-3-5-13(6-4-11)17-16(12(2)21-19(25)23-17)18(24)22-15-9-7-14(20)8-10-15/h3-10,17H,1-2H3,(H,22,24)(H2,21,23,25)/t17-/m1/s1. The summed E-state index contributed by atoms with van der Waals surface area (Å²) < 4.78 is 0. The number of carbonyl (C=O) groups excluding carboxylic acids is 1. The van der Waals surface area contributed by atoms with Crippen molar-refractivity contribution in [3.8, 4) is 0 Å². The van der Waals surface area contributed by atoms with Crippen molar-refractivity contribution in [2.24, 2.45) is 0 Å². The van der Waals surface area contributed by atoms with Crippen molar-refractivity contribution < 1.29 is 4.79 Å². The smallest absolute Gasteiger partial charge is 0.255 e. The highest BCUT2D eigenvalue weighted by atomic mass is 35.5. The fourth-order valence-electron chi connectivity index (χ4n) is 2.74. The van der Waals surface area contributed by atoms with Gasteiger partial charge in [0.05, 0.1) is 11.6 Å². The Kier molecular flexibility index (Phi) is 5.06. The Morgan fingerprint density at radius 1 is 1.08 bits per heavy atom. The Balaban J connectivity index is 1.92. The van der Waals surface area contributed by atoms with E-state index >= 15 is 0 Å². The molecule has 4 nitrogen and oxygen atoms in total. The zero-order valence-electron chi connectivity index (χ0n) is 13.9. The van der Waals surface area contributed by atoms with Gasteiger partial charge in [0.1, 0.15) is 0 Å². The van der Waals surface area contributed by atoms with Crippen LogP contribution < -0.4 is 16.0 Å². The van der Waals surface area contributed by atoms with E-state index in [1.807, 2.05) is 38.1 Å². The Bertz CT molecular complexity index is 844. The molecular formula is C19H18ClN3OS. The molecule has 0 fully saturated rings. The summed E-state index contributed by atoms with van der Waals surface area (Å²) in [6.45, 7) is 3.88. The molecule has 25 heavy (non-hydrogen) atoms. The zero-order valence-corrected chi connectivity index (χ0v) is 15.5. The normalized spacial score (nSPS) is 16.9. The molecule has 1 atom stereocenters. The molecule has 6 heteroatoms. The summed E-state index contributed by atoms with van der Waals surface area (Å²) >= 11 is 11.2. The second-order valence-corrected chi connectivity index (χ2v) is 6.79. The van der Waals surface area contributed by atoms with Gasteiger partial charge < -0.3 is 16.0 Å². The van der Waals surface area contributed by atoms with Gasteiger partial charge in [-0.15, -0.1) is 0 Å². The molecule has 0 aliphatic carbocycles. The predicted octanol–water partition coefficient (Wildman–Crippen LogP) is 4.08. The Morgan fingerprint density at radius 3 is 2.36 bits per heavy atom. The topological polar surface area (TPSA) is 53.2 Å². The lowest BCUT2D eigenvalue weighted by Gasteiger charge is -2.30. The number of amides is 1. The molecule has 3 N–H and O–H groups in total. The summed E-state index contributed by atoms with van der Waals surface area (Å²) in [6.07, 6.45) is 0. The molecule has 0 unspecified atom stereocenters. The highest BCUT2D eigenvalue weighted by molar-refractivity contribution is 7.80. The van der Waals surface area contributed by atoms with Gasteiger partial charge in [0.25, 0.3) is 5.91 Å². The van der Waals surface area contributed by atoms with Crippen LogP contribution in [-0.4, -0.2) is 11.0 Å². The second-order valence-electron chi connectivity index (χ2n) is 5.94. The van der Waals surface area contributed by atoms with Gasteiger partial charge in [0.2, 0.25) is 0 Å². The number of thiocarbonyl (C=S) groups is 1. The van der Waals surface area contributed by atoms with E-state index in [1.54, 1.807) is 24.3 Å². The van der Waals surface area contributed by atoms with E-state index in [0.717, 1.165) is 16.8 Å². The van der Waals surface area contributed by atoms with Gasteiger partial charge in [0.15, 0.2) is 5.11 Å². The average molecular weight is 372 g/mol. The molecule has 0 saturated heterocycles. The molecule has 128 valence electrons. The number of aryl methyl sites for hydroxylation is 1. The molecule has 0 radical (unpaired) electrons. The number of hydrogen-bond acceptors (Lipinski definition) is 2. The maximum absolute atomic E-state index is 12.9. The van der Waals surface area contributed by atoms with Crippen LogP contribution in [0, 0.1) is 6.92 Å². The monoisotopic (exact) mass is 371 g/mol. The summed E-state index contributed by atoms with van der Waals surface area (Å²) in [5.41, 5.74) is 4.17. The van der Waals surface area contributed by atoms with Gasteiger partial charge >= 0.3 is 0 Å². The lowest BCUT2D eigenvalue weighted by molar-refractivity contribution is -0.113. The predicted molar refractivity (Wildman–Crippen MR) is 106 cm³/mol. The number of rotatable bonds is 3. The fourth-order valence-corrected chi connectivity index (χ4v) is 3.13. The van der Waals surface area contributed by atoms with Crippen LogP contribution in [0.1, 0.15) is 24.1 Å². The van der Waals surface area contributed by atoms with Gasteiger partial charge in [-0.3, -0.25) is 4.79 Å². The molecule has 3 rings (SSSR count). The Labute approximate surface area is 157 Å². The van der Waals surface area contributed by atoms with Crippen molar-refractivity contribution in [1.82, 2.24) is 10.6 Å². The number of carbonyl (C=O) groups is 1. The first-order chi connectivity index (χ1) is 11.9.